The number of anilines is 1. The Bertz CT molecular complexity index is 536. The molecule has 1 fully saturated rings. The molecule has 1 aliphatic rings. The van der Waals surface area contributed by atoms with Crippen LogP contribution >= 0.6 is 12.2 Å². The second kappa shape index (κ2) is 6.15. The number of morpholine rings is 1. The van der Waals surface area contributed by atoms with E-state index in [0.29, 0.717) is 24.5 Å². The normalized spacial score (nSPS) is 18.7. The SMILES string of the molecule is COC(=O)C1COCCN1c1nccc(C)c1C(N)=S. The number of rotatable bonds is 3. The van der Waals surface area contributed by atoms with E-state index in [1.807, 2.05) is 17.9 Å². The molecule has 1 unspecified atom stereocenters. The van der Waals surface area contributed by atoms with Gasteiger partial charge < -0.3 is 20.1 Å². The third-order valence-corrected chi connectivity index (χ3v) is 3.46. The van der Waals surface area contributed by atoms with E-state index in [4.69, 9.17) is 27.4 Å². The Morgan fingerprint density at radius 1 is 1.65 bits per heavy atom. The zero-order valence-corrected chi connectivity index (χ0v) is 12.3. The molecule has 7 heteroatoms. The lowest BCUT2D eigenvalue weighted by Gasteiger charge is -2.35. The molecule has 108 valence electrons. The highest BCUT2D eigenvalue weighted by Crippen LogP contribution is 2.24. The van der Waals surface area contributed by atoms with Crippen LogP contribution in [0.2, 0.25) is 0 Å². The summed E-state index contributed by atoms with van der Waals surface area (Å²) in [7, 11) is 1.35. The molecule has 1 aliphatic heterocycles. The van der Waals surface area contributed by atoms with Crippen molar-refractivity contribution in [3.63, 3.8) is 0 Å². The topological polar surface area (TPSA) is 77.7 Å². The standard InChI is InChI=1S/C13H17N3O3S/c1-8-3-4-15-12(10(8)11(14)20)16-5-6-19-7-9(16)13(17)18-2/h3-4,9H,5-7H2,1-2H3,(H2,14,20). The summed E-state index contributed by atoms with van der Waals surface area (Å²) >= 11 is 5.10. The van der Waals surface area contributed by atoms with Gasteiger partial charge in [0.05, 0.1) is 25.9 Å². The molecule has 2 rings (SSSR count). The first-order valence-corrected chi connectivity index (χ1v) is 6.64. The number of carbonyl (C=O) groups excluding carboxylic acids is 1. The maximum Gasteiger partial charge on any atom is 0.330 e. The van der Waals surface area contributed by atoms with Gasteiger partial charge in [0, 0.05) is 12.7 Å². The van der Waals surface area contributed by atoms with Crippen LogP contribution in [0.3, 0.4) is 0 Å². The summed E-state index contributed by atoms with van der Waals surface area (Å²) in [6, 6.07) is 1.31. The number of hydrogen-bond acceptors (Lipinski definition) is 6. The van der Waals surface area contributed by atoms with Crippen molar-refractivity contribution >= 4 is 29.0 Å². The van der Waals surface area contributed by atoms with Crippen molar-refractivity contribution in [3.8, 4) is 0 Å². The van der Waals surface area contributed by atoms with Crippen LogP contribution in [-0.2, 0) is 14.3 Å². The fraction of sp³-hybridized carbons (Fsp3) is 0.462. The summed E-state index contributed by atoms with van der Waals surface area (Å²) in [5, 5.41) is 0. The van der Waals surface area contributed by atoms with Crippen LogP contribution in [0.5, 0.6) is 0 Å². The maximum absolute atomic E-state index is 11.9. The van der Waals surface area contributed by atoms with Gasteiger partial charge in [-0.1, -0.05) is 12.2 Å². The predicted octanol–water partition coefficient (Wildman–Crippen LogP) is 0.402. The molecule has 0 bridgehead atoms. The molecule has 2 N–H and O–H groups in total. The Balaban J connectivity index is 2.45. The van der Waals surface area contributed by atoms with Gasteiger partial charge in [-0.2, -0.15) is 0 Å². The molecule has 1 aromatic heterocycles. The van der Waals surface area contributed by atoms with E-state index in [1.54, 1.807) is 6.20 Å². The van der Waals surface area contributed by atoms with Crippen LogP contribution in [0.25, 0.3) is 0 Å². The highest BCUT2D eigenvalue weighted by atomic mass is 32.1. The highest BCUT2D eigenvalue weighted by Gasteiger charge is 2.33. The van der Waals surface area contributed by atoms with Gasteiger partial charge in [-0.05, 0) is 18.6 Å². The minimum Gasteiger partial charge on any atom is -0.467 e. The monoisotopic (exact) mass is 295 g/mol. The van der Waals surface area contributed by atoms with Gasteiger partial charge in [0.25, 0.3) is 0 Å². The van der Waals surface area contributed by atoms with Gasteiger partial charge in [-0.3, -0.25) is 0 Å². The number of carbonyl (C=O) groups is 1. The second-order valence-electron chi connectivity index (χ2n) is 4.50. The fourth-order valence-electron chi connectivity index (χ4n) is 2.25. The van der Waals surface area contributed by atoms with Crippen molar-refractivity contribution in [3.05, 3.63) is 23.4 Å². The van der Waals surface area contributed by atoms with E-state index in [2.05, 4.69) is 4.98 Å². The van der Waals surface area contributed by atoms with Crippen LogP contribution < -0.4 is 10.6 Å². The van der Waals surface area contributed by atoms with E-state index in [1.165, 1.54) is 7.11 Å². The first kappa shape index (κ1) is 14.7. The lowest BCUT2D eigenvalue weighted by atomic mass is 10.1. The molecular weight excluding hydrogens is 278 g/mol. The molecular formula is C13H17N3O3S. The number of aryl methyl sites for hydroxylation is 1. The molecule has 0 saturated carbocycles. The summed E-state index contributed by atoms with van der Waals surface area (Å²) in [6.45, 7) is 3.22. The van der Waals surface area contributed by atoms with Gasteiger partial charge >= 0.3 is 5.97 Å². The highest BCUT2D eigenvalue weighted by molar-refractivity contribution is 7.80. The average molecular weight is 295 g/mol. The molecule has 0 amide bonds. The summed E-state index contributed by atoms with van der Waals surface area (Å²) in [6.07, 6.45) is 1.68. The Kier molecular flexibility index (Phi) is 4.51. The summed E-state index contributed by atoms with van der Waals surface area (Å²) in [5.74, 6) is 0.248. The summed E-state index contributed by atoms with van der Waals surface area (Å²) < 4.78 is 10.2. The lowest BCUT2D eigenvalue weighted by Crippen LogP contribution is -2.51. The molecule has 20 heavy (non-hydrogen) atoms. The molecule has 6 nitrogen and oxygen atoms in total. The van der Waals surface area contributed by atoms with Crippen molar-refractivity contribution in [1.82, 2.24) is 4.98 Å². The lowest BCUT2D eigenvalue weighted by molar-refractivity contribution is -0.144. The molecule has 1 saturated heterocycles. The number of thiocarbonyl (C=S) groups is 1. The van der Waals surface area contributed by atoms with E-state index in [9.17, 15) is 4.79 Å². The predicted molar refractivity (Wildman–Crippen MR) is 78.8 cm³/mol. The number of nitrogens with two attached hydrogens (primary N) is 1. The summed E-state index contributed by atoms with van der Waals surface area (Å²) in [5.41, 5.74) is 7.41. The first-order chi connectivity index (χ1) is 9.56. The molecule has 2 heterocycles. The second-order valence-corrected chi connectivity index (χ2v) is 4.94. The quantitative estimate of drug-likeness (QED) is 0.639. The van der Waals surface area contributed by atoms with Crippen molar-refractivity contribution < 1.29 is 14.3 Å². The van der Waals surface area contributed by atoms with Crippen molar-refractivity contribution in [2.75, 3.05) is 31.8 Å². The Labute approximate surface area is 122 Å². The Morgan fingerprint density at radius 2 is 2.40 bits per heavy atom. The van der Waals surface area contributed by atoms with Crippen LogP contribution in [0.15, 0.2) is 12.3 Å². The minimum atomic E-state index is -0.531. The van der Waals surface area contributed by atoms with Crippen LogP contribution in [0.4, 0.5) is 5.82 Å². The number of aromatic nitrogens is 1. The van der Waals surface area contributed by atoms with Crippen LogP contribution in [-0.4, -0.2) is 48.9 Å². The van der Waals surface area contributed by atoms with E-state index >= 15 is 0 Å². The molecule has 1 atom stereocenters. The molecule has 1 aromatic rings. The molecule has 0 aromatic carbocycles. The van der Waals surface area contributed by atoms with Gasteiger partial charge in [0.1, 0.15) is 10.8 Å². The average Bonchev–Trinajstić information content (AvgIpc) is 2.45. The summed E-state index contributed by atoms with van der Waals surface area (Å²) in [4.78, 5) is 18.3. The molecule has 0 radical (unpaired) electrons. The first-order valence-electron chi connectivity index (χ1n) is 6.24. The third kappa shape index (κ3) is 2.73. The number of esters is 1. The molecule has 0 spiro atoms. The van der Waals surface area contributed by atoms with Gasteiger partial charge in [-0.15, -0.1) is 0 Å². The van der Waals surface area contributed by atoms with Crippen LogP contribution in [0, 0.1) is 6.92 Å². The van der Waals surface area contributed by atoms with Gasteiger partial charge in [-0.25, -0.2) is 9.78 Å². The zero-order valence-electron chi connectivity index (χ0n) is 11.5. The largest absolute Gasteiger partial charge is 0.467 e. The number of nitrogens with zero attached hydrogens (tertiary/aromatic N) is 2. The third-order valence-electron chi connectivity index (χ3n) is 3.26. The number of hydrogen-bond donors (Lipinski definition) is 1. The molecule has 0 aliphatic carbocycles. The van der Waals surface area contributed by atoms with Crippen LogP contribution in [0.1, 0.15) is 11.1 Å². The number of pyridine rings is 1. The minimum absolute atomic E-state index is 0.263. The van der Waals surface area contributed by atoms with Crippen molar-refractivity contribution in [2.45, 2.75) is 13.0 Å². The van der Waals surface area contributed by atoms with E-state index in [0.717, 1.165) is 5.56 Å². The maximum atomic E-state index is 11.9. The van der Waals surface area contributed by atoms with E-state index in [-0.39, 0.29) is 17.6 Å². The number of methoxy groups -OCH3 is 1. The smallest absolute Gasteiger partial charge is 0.330 e. The number of ether oxygens (including phenoxy) is 2. The van der Waals surface area contributed by atoms with Gasteiger partial charge in [0.2, 0.25) is 0 Å². The Hall–Kier alpha value is -1.73. The van der Waals surface area contributed by atoms with E-state index < -0.39 is 6.04 Å². The fourth-order valence-corrected chi connectivity index (χ4v) is 2.51. The van der Waals surface area contributed by atoms with Crippen molar-refractivity contribution in [1.29, 1.82) is 0 Å². The zero-order chi connectivity index (χ0) is 14.7. The van der Waals surface area contributed by atoms with Gasteiger partial charge in [0.15, 0.2) is 6.04 Å². The Morgan fingerprint density at radius 3 is 3.05 bits per heavy atom. The van der Waals surface area contributed by atoms with Crippen molar-refractivity contribution in [2.24, 2.45) is 5.73 Å².